The molecule has 0 atom stereocenters. The summed E-state index contributed by atoms with van der Waals surface area (Å²) in [5, 5.41) is 0. The quantitative estimate of drug-likeness (QED) is 0.386. The van der Waals surface area contributed by atoms with Crippen LogP contribution in [0, 0.1) is 17.7 Å². The molecule has 4 rings (SSSR count). The van der Waals surface area contributed by atoms with Crippen molar-refractivity contribution < 1.29 is 8.78 Å². The van der Waals surface area contributed by atoms with Gasteiger partial charge in [-0.15, -0.1) is 0 Å². The zero-order valence-corrected chi connectivity index (χ0v) is 13.9. The third-order valence-corrected chi connectivity index (χ3v) is 4.35. The van der Waals surface area contributed by atoms with Gasteiger partial charge in [0, 0.05) is 0 Å². The maximum absolute atomic E-state index is 13.4. The molecular weight excluding hydrogens is 326 g/mol. The number of hydrogen-bond donors (Lipinski definition) is 0. The molecule has 4 aromatic carbocycles. The minimum atomic E-state index is -0.279. The summed E-state index contributed by atoms with van der Waals surface area (Å²) in [4.78, 5) is 0. The van der Waals surface area contributed by atoms with Crippen LogP contribution in [-0.4, -0.2) is 0 Å². The van der Waals surface area contributed by atoms with E-state index in [9.17, 15) is 8.78 Å². The molecule has 4 aromatic rings. The van der Waals surface area contributed by atoms with Gasteiger partial charge < -0.3 is 0 Å². The molecule has 0 aromatic heterocycles. The second-order valence-electron chi connectivity index (χ2n) is 6.02. The topological polar surface area (TPSA) is 0 Å². The van der Waals surface area contributed by atoms with Gasteiger partial charge in [-0.3, -0.25) is 0 Å². The van der Waals surface area contributed by atoms with Gasteiger partial charge in [0.25, 0.3) is 0 Å². The summed E-state index contributed by atoms with van der Waals surface area (Å²) in [7, 11) is 0. The van der Waals surface area contributed by atoms with Gasteiger partial charge in [0.1, 0.15) is 11.6 Å². The summed E-state index contributed by atoms with van der Waals surface area (Å²) in [6.07, 6.45) is 0. The first-order chi connectivity index (χ1) is 12.7. The highest BCUT2D eigenvalue weighted by Gasteiger charge is 2.14. The highest BCUT2D eigenvalue weighted by atomic mass is 19.1. The Kier molecular flexibility index (Phi) is 4.32. The molecule has 2 heteroatoms. The lowest BCUT2D eigenvalue weighted by Gasteiger charge is -2.16. The molecular formula is C24H15F2. The van der Waals surface area contributed by atoms with E-state index >= 15 is 0 Å². The highest BCUT2D eigenvalue weighted by molar-refractivity contribution is 5.94. The van der Waals surface area contributed by atoms with Gasteiger partial charge in [-0.05, 0) is 63.7 Å². The number of benzene rings is 4. The average molecular weight is 341 g/mol. The molecule has 0 heterocycles. The Bertz CT molecular complexity index is 1020. The fourth-order valence-corrected chi connectivity index (χ4v) is 3.12. The molecule has 0 spiro atoms. The van der Waals surface area contributed by atoms with Crippen LogP contribution in [0.2, 0.25) is 0 Å². The Labute approximate surface area is 151 Å². The fraction of sp³-hybridized carbons (Fsp3) is 0. The van der Waals surface area contributed by atoms with Crippen LogP contribution in [0.3, 0.4) is 0 Å². The van der Waals surface area contributed by atoms with Gasteiger partial charge in [-0.25, -0.2) is 8.78 Å². The lowest BCUT2D eigenvalue weighted by atomic mass is 9.88. The van der Waals surface area contributed by atoms with E-state index in [4.69, 9.17) is 0 Å². The molecule has 0 saturated carbocycles. The average Bonchev–Trinajstić information content (AvgIpc) is 2.69. The van der Waals surface area contributed by atoms with Crippen molar-refractivity contribution in [3.05, 3.63) is 109 Å². The Balaban J connectivity index is 2.00. The van der Waals surface area contributed by atoms with Gasteiger partial charge in [-0.1, -0.05) is 66.7 Å². The van der Waals surface area contributed by atoms with Crippen LogP contribution in [0.5, 0.6) is 0 Å². The van der Waals surface area contributed by atoms with E-state index in [0.29, 0.717) is 0 Å². The summed E-state index contributed by atoms with van der Waals surface area (Å²) in [6, 6.07) is 29.9. The van der Waals surface area contributed by atoms with E-state index in [2.05, 4.69) is 6.07 Å². The van der Waals surface area contributed by atoms with Crippen molar-refractivity contribution in [2.24, 2.45) is 0 Å². The van der Waals surface area contributed by atoms with Crippen molar-refractivity contribution in [3.8, 4) is 33.4 Å². The van der Waals surface area contributed by atoms with Gasteiger partial charge in [-0.2, -0.15) is 0 Å². The van der Waals surface area contributed by atoms with Crippen molar-refractivity contribution in [2.45, 2.75) is 0 Å². The van der Waals surface area contributed by atoms with Crippen LogP contribution in [0.4, 0.5) is 8.78 Å². The zero-order valence-electron chi connectivity index (χ0n) is 13.9. The molecule has 0 saturated heterocycles. The summed E-state index contributed by atoms with van der Waals surface area (Å²) >= 11 is 0. The summed E-state index contributed by atoms with van der Waals surface area (Å²) < 4.78 is 26.8. The zero-order chi connectivity index (χ0) is 17.9. The maximum Gasteiger partial charge on any atom is 0.123 e. The van der Waals surface area contributed by atoms with Crippen LogP contribution in [0.1, 0.15) is 0 Å². The largest absolute Gasteiger partial charge is 0.207 e. The SMILES string of the molecule is Fc1ccc(-c2cc[c]c(-c3ccccc3)c2-c2ccc(F)cc2)cc1. The molecule has 26 heavy (non-hydrogen) atoms. The minimum Gasteiger partial charge on any atom is -0.207 e. The third kappa shape index (κ3) is 3.14. The standard InChI is InChI=1S/C24H15F2/c25-20-13-9-18(10-14-20)23-8-4-7-22(17-5-2-1-3-6-17)24(23)19-11-15-21(26)16-12-19/h1-6,8-16H. The van der Waals surface area contributed by atoms with Crippen molar-refractivity contribution in [3.63, 3.8) is 0 Å². The van der Waals surface area contributed by atoms with Crippen LogP contribution in [-0.2, 0) is 0 Å². The first-order valence-electron chi connectivity index (χ1n) is 8.34. The van der Waals surface area contributed by atoms with Crippen molar-refractivity contribution in [1.82, 2.24) is 0 Å². The van der Waals surface area contributed by atoms with Crippen molar-refractivity contribution in [2.75, 3.05) is 0 Å². The van der Waals surface area contributed by atoms with E-state index in [0.717, 1.165) is 33.4 Å². The number of halogens is 2. The van der Waals surface area contributed by atoms with E-state index in [1.165, 1.54) is 24.3 Å². The van der Waals surface area contributed by atoms with E-state index in [-0.39, 0.29) is 11.6 Å². The van der Waals surface area contributed by atoms with Crippen molar-refractivity contribution >= 4 is 0 Å². The smallest absolute Gasteiger partial charge is 0.123 e. The first kappa shape index (κ1) is 16.2. The highest BCUT2D eigenvalue weighted by Crippen LogP contribution is 2.39. The van der Waals surface area contributed by atoms with Gasteiger partial charge in [0.15, 0.2) is 0 Å². The lowest BCUT2D eigenvalue weighted by molar-refractivity contribution is 0.627. The summed E-state index contributed by atoms with van der Waals surface area (Å²) in [6.45, 7) is 0. The van der Waals surface area contributed by atoms with Gasteiger partial charge in [0.2, 0.25) is 0 Å². The Morgan fingerprint density at radius 2 is 1.12 bits per heavy atom. The molecule has 0 nitrogen and oxygen atoms in total. The predicted molar refractivity (Wildman–Crippen MR) is 102 cm³/mol. The summed E-state index contributed by atoms with van der Waals surface area (Å²) in [5.41, 5.74) is 5.65. The molecule has 0 amide bonds. The van der Waals surface area contributed by atoms with Crippen molar-refractivity contribution in [1.29, 1.82) is 0 Å². The van der Waals surface area contributed by atoms with Crippen LogP contribution in [0.15, 0.2) is 91.0 Å². The maximum atomic E-state index is 13.4. The van der Waals surface area contributed by atoms with Crippen LogP contribution in [0.25, 0.3) is 33.4 Å². The normalized spacial score (nSPS) is 10.7. The molecule has 0 N–H and O–H groups in total. The lowest BCUT2D eigenvalue weighted by Crippen LogP contribution is -1.91. The predicted octanol–water partition coefficient (Wildman–Crippen LogP) is 6.77. The molecule has 0 fully saturated rings. The van der Waals surface area contributed by atoms with Crippen LogP contribution >= 0.6 is 0 Å². The Morgan fingerprint density at radius 1 is 0.538 bits per heavy atom. The third-order valence-electron chi connectivity index (χ3n) is 4.35. The molecule has 0 unspecified atom stereocenters. The first-order valence-corrected chi connectivity index (χ1v) is 8.34. The fourth-order valence-electron chi connectivity index (χ4n) is 3.12. The molecule has 0 aliphatic carbocycles. The second-order valence-corrected chi connectivity index (χ2v) is 6.02. The van der Waals surface area contributed by atoms with E-state index in [1.807, 2.05) is 42.5 Å². The monoisotopic (exact) mass is 341 g/mol. The van der Waals surface area contributed by atoms with E-state index in [1.54, 1.807) is 24.3 Å². The Hall–Kier alpha value is -3.26. The number of rotatable bonds is 3. The minimum absolute atomic E-state index is 0.275. The van der Waals surface area contributed by atoms with Gasteiger partial charge in [0.05, 0.1) is 0 Å². The van der Waals surface area contributed by atoms with Crippen LogP contribution < -0.4 is 0 Å². The second kappa shape index (κ2) is 6.93. The van der Waals surface area contributed by atoms with Gasteiger partial charge >= 0.3 is 0 Å². The molecule has 0 aliphatic heterocycles. The molecule has 0 bridgehead atoms. The molecule has 1 radical (unpaired) electrons. The summed E-state index contributed by atoms with van der Waals surface area (Å²) in [5.74, 6) is -0.555. The van der Waals surface area contributed by atoms with E-state index < -0.39 is 0 Å². The number of hydrogen-bond acceptors (Lipinski definition) is 0. The molecule has 0 aliphatic rings. The Morgan fingerprint density at radius 3 is 1.73 bits per heavy atom. The molecule has 125 valence electrons.